The zero-order valence-corrected chi connectivity index (χ0v) is 25.6. The summed E-state index contributed by atoms with van der Waals surface area (Å²) in [7, 11) is 12.1. The van der Waals surface area contributed by atoms with Crippen molar-refractivity contribution >= 4 is 75.3 Å². The second-order valence-electron chi connectivity index (χ2n) is 10.0. The van der Waals surface area contributed by atoms with Crippen molar-refractivity contribution in [1.82, 2.24) is 23.8 Å². The van der Waals surface area contributed by atoms with Crippen molar-refractivity contribution in [3.8, 4) is 11.3 Å². The van der Waals surface area contributed by atoms with Gasteiger partial charge in [-0.15, -0.1) is 0 Å². The van der Waals surface area contributed by atoms with Gasteiger partial charge in [0.2, 0.25) is 5.95 Å². The molecule has 0 saturated carbocycles. The Balaban J connectivity index is 1.57. The largest absolute Gasteiger partial charge is 0.376 e. The summed E-state index contributed by atoms with van der Waals surface area (Å²) in [4.78, 5) is 20.0. The van der Waals surface area contributed by atoms with Gasteiger partial charge in [-0.3, -0.25) is 3.97 Å². The van der Waals surface area contributed by atoms with E-state index in [1.165, 1.54) is 11.3 Å². The molecule has 10 heteroatoms. The average Bonchev–Trinajstić information content (AvgIpc) is 3.50. The molecule has 0 unspecified atom stereocenters. The van der Waals surface area contributed by atoms with Crippen molar-refractivity contribution in [1.29, 1.82) is 0 Å². The fourth-order valence-corrected chi connectivity index (χ4v) is 5.89. The predicted octanol–water partition coefficient (Wildman–Crippen LogP) is 6.54. The Kier molecular flexibility index (Phi) is 7.73. The number of halogens is 1. The minimum atomic E-state index is 0.568. The number of aromatic nitrogens is 4. The number of nitrogens with zero attached hydrogens (tertiary/aromatic N) is 6. The van der Waals surface area contributed by atoms with Crippen LogP contribution in [0.5, 0.6) is 0 Å². The Morgan fingerprint density at radius 1 is 0.947 bits per heavy atom. The fourth-order valence-electron chi connectivity index (χ4n) is 4.62. The fraction of sp³-hybridized carbons (Fsp3) is 0.286. The van der Waals surface area contributed by atoms with E-state index in [0.29, 0.717) is 5.95 Å². The van der Waals surface area contributed by atoms with Crippen LogP contribution in [0.15, 0.2) is 54.9 Å². The van der Waals surface area contributed by atoms with E-state index in [1.54, 1.807) is 9.12 Å². The van der Waals surface area contributed by atoms with Gasteiger partial charge in [0, 0.05) is 104 Å². The van der Waals surface area contributed by atoms with E-state index in [4.69, 9.17) is 9.97 Å². The first-order valence-corrected chi connectivity index (χ1v) is 15.8. The molecule has 38 heavy (non-hydrogen) atoms. The van der Waals surface area contributed by atoms with Gasteiger partial charge in [0.05, 0.1) is 17.1 Å². The van der Waals surface area contributed by atoms with Crippen molar-refractivity contribution in [3.05, 3.63) is 60.4 Å². The SMILES string of the molecule is Cc1ccc2[nH]cc(-c3nc(Nc4ccc(N(C)CCN(C)C)c(N(C)C)c4)nc4c3ccn4SI)c2c1. The molecule has 0 fully saturated rings. The smallest absolute Gasteiger partial charge is 0.229 e. The van der Waals surface area contributed by atoms with Crippen LogP contribution < -0.4 is 15.1 Å². The molecule has 0 amide bonds. The Morgan fingerprint density at radius 2 is 1.76 bits per heavy atom. The molecule has 5 aromatic rings. The lowest BCUT2D eigenvalue weighted by Gasteiger charge is -2.27. The molecular formula is C28H33IN8S. The normalized spacial score (nSPS) is 11.6. The third kappa shape index (κ3) is 5.29. The number of rotatable bonds is 9. The van der Waals surface area contributed by atoms with Crippen molar-refractivity contribution in [2.75, 3.05) is 63.4 Å². The van der Waals surface area contributed by atoms with Gasteiger partial charge in [-0.2, -0.15) is 4.98 Å². The van der Waals surface area contributed by atoms with E-state index in [1.807, 2.05) is 12.4 Å². The van der Waals surface area contributed by atoms with Crippen LogP contribution in [0, 0.1) is 6.92 Å². The van der Waals surface area contributed by atoms with Gasteiger partial charge in [-0.05, 0) is 57.4 Å². The molecule has 0 spiro atoms. The standard InChI is InChI=1S/C28H33IN8S/c1-18-7-9-23-21(15-18)22(17-30-23)26-20-11-12-37(38-29)27(20)33-28(32-26)31-19-8-10-24(25(16-19)35(4)5)36(6)14-13-34(2)3/h7-12,15-17,30H,13-14H2,1-6H3,(H,31,32,33). The van der Waals surface area contributed by atoms with Gasteiger partial charge >= 0.3 is 0 Å². The van der Waals surface area contributed by atoms with E-state index in [9.17, 15) is 0 Å². The Hall–Kier alpha value is -2.96. The number of hydrogen-bond donors (Lipinski definition) is 2. The number of nitrogens with one attached hydrogen (secondary N) is 2. The number of fused-ring (bicyclic) bond motifs is 2. The zero-order chi connectivity index (χ0) is 27.0. The summed E-state index contributed by atoms with van der Waals surface area (Å²) < 4.78 is 2.07. The molecule has 0 saturated heterocycles. The maximum atomic E-state index is 5.05. The maximum absolute atomic E-state index is 5.05. The average molecular weight is 641 g/mol. The Labute approximate surface area is 240 Å². The summed E-state index contributed by atoms with van der Waals surface area (Å²) in [5.74, 6) is 0.568. The number of anilines is 4. The minimum absolute atomic E-state index is 0.568. The van der Waals surface area contributed by atoms with E-state index in [0.717, 1.165) is 57.7 Å². The minimum Gasteiger partial charge on any atom is -0.376 e. The highest BCUT2D eigenvalue weighted by atomic mass is 127. The number of hydrogen-bond acceptors (Lipinski definition) is 7. The molecule has 3 aromatic heterocycles. The van der Waals surface area contributed by atoms with Crippen LogP contribution in [0.3, 0.4) is 0 Å². The van der Waals surface area contributed by atoms with Gasteiger partial charge < -0.3 is 25.0 Å². The van der Waals surface area contributed by atoms with Crippen LogP contribution >= 0.6 is 30.3 Å². The Bertz CT molecular complexity index is 1590. The summed E-state index contributed by atoms with van der Waals surface area (Å²) in [6, 6.07) is 15.0. The molecule has 0 aliphatic carbocycles. The molecule has 3 heterocycles. The van der Waals surface area contributed by atoms with E-state index in [-0.39, 0.29) is 0 Å². The summed E-state index contributed by atoms with van der Waals surface area (Å²) in [5, 5.41) is 5.68. The number of aryl methyl sites for hydroxylation is 1. The van der Waals surface area contributed by atoms with Crippen molar-refractivity contribution in [3.63, 3.8) is 0 Å². The number of aromatic amines is 1. The van der Waals surface area contributed by atoms with Crippen LogP contribution in [-0.4, -0.2) is 72.2 Å². The molecule has 5 rings (SSSR count). The zero-order valence-electron chi connectivity index (χ0n) is 22.6. The van der Waals surface area contributed by atoms with Crippen LogP contribution in [0.1, 0.15) is 5.56 Å². The van der Waals surface area contributed by atoms with Gasteiger partial charge in [0.15, 0.2) is 5.65 Å². The lowest BCUT2D eigenvalue weighted by atomic mass is 10.1. The van der Waals surface area contributed by atoms with Crippen LogP contribution in [0.2, 0.25) is 0 Å². The Morgan fingerprint density at radius 3 is 2.50 bits per heavy atom. The molecule has 0 atom stereocenters. The van der Waals surface area contributed by atoms with Gasteiger partial charge in [0.25, 0.3) is 0 Å². The van der Waals surface area contributed by atoms with Crippen LogP contribution in [0.25, 0.3) is 33.2 Å². The van der Waals surface area contributed by atoms with E-state index >= 15 is 0 Å². The first-order chi connectivity index (χ1) is 18.2. The molecule has 2 aromatic carbocycles. The monoisotopic (exact) mass is 640 g/mol. The maximum Gasteiger partial charge on any atom is 0.229 e. The molecule has 0 radical (unpaired) electrons. The number of benzene rings is 2. The first kappa shape index (κ1) is 26.6. The predicted molar refractivity (Wildman–Crippen MR) is 172 cm³/mol. The van der Waals surface area contributed by atoms with Crippen molar-refractivity contribution in [2.24, 2.45) is 0 Å². The second-order valence-corrected chi connectivity index (χ2v) is 11.8. The van der Waals surface area contributed by atoms with E-state index in [2.05, 4.69) is 135 Å². The lowest BCUT2D eigenvalue weighted by Crippen LogP contribution is -2.29. The molecule has 2 N–H and O–H groups in total. The molecule has 0 aliphatic heterocycles. The van der Waals surface area contributed by atoms with Crippen molar-refractivity contribution < 1.29 is 0 Å². The lowest BCUT2D eigenvalue weighted by molar-refractivity contribution is 0.416. The van der Waals surface area contributed by atoms with Gasteiger partial charge in [0.1, 0.15) is 0 Å². The number of H-pyrrole nitrogens is 1. The molecular weight excluding hydrogens is 607 g/mol. The van der Waals surface area contributed by atoms with Gasteiger partial charge in [-0.1, -0.05) is 11.6 Å². The third-order valence-corrected chi connectivity index (χ3v) is 8.40. The quantitative estimate of drug-likeness (QED) is 0.177. The third-order valence-electron chi connectivity index (χ3n) is 6.68. The number of likely N-dealkylation sites (N-methyl/N-ethyl adjacent to an activating group) is 2. The summed E-state index contributed by atoms with van der Waals surface area (Å²) in [6.45, 7) is 4.05. The molecule has 8 nitrogen and oxygen atoms in total. The highest BCUT2D eigenvalue weighted by Crippen LogP contribution is 2.37. The van der Waals surface area contributed by atoms with Crippen molar-refractivity contribution in [2.45, 2.75) is 6.92 Å². The highest BCUT2D eigenvalue weighted by molar-refractivity contribution is 14.2. The molecule has 198 valence electrons. The van der Waals surface area contributed by atoms with E-state index < -0.39 is 0 Å². The van der Waals surface area contributed by atoms with Crippen LogP contribution in [0.4, 0.5) is 23.0 Å². The molecule has 0 bridgehead atoms. The highest BCUT2D eigenvalue weighted by Gasteiger charge is 2.18. The summed E-state index contributed by atoms with van der Waals surface area (Å²) >= 11 is 2.29. The summed E-state index contributed by atoms with van der Waals surface area (Å²) in [6.07, 6.45) is 4.10. The topological polar surface area (TPSA) is 68.2 Å². The van der Waals surface area contributed by atoms with Crippen LogP contribution in [-0.2, 0) is 0 Å². The first-order valence-electron chi connectivity index (χ1n) is 12.5. The molecule has 0 aliphatic rings. The second kappa shape index (κ2) is 11.0. The van der Waals surface area contributed by atoms with Gasteiger partial charge in [-0.25, -0.2) is 4.98 Å². The summed E-state index contributed by atoms with van der Waals surface area (Å²) in [5.41, 5.74) is 8.44.